The molecule has 1 aliphatic rings. The Kier molecular flexibility index (Phi) is 5.87. The topological polar surface area (TPSA) is 102 Å². The molecule has 7 nitrogen and oxygen atoms in total. The molecule has 3 rings (SSSR count). The summed E-state index contributed by atoms with van der Waals surface area (Å²) in [6, 6.07) is 3.56. The minimum atomic E-state index is -2.94. The summed E-state index contributed by atoms with van der Waals surface area (Å²) in [6.07, 6.45) is -4.28. The lowest BCUT2D eigenvalue weighted by Crippen LogP contribution is -2.41. The normalized spacial score (nSPS) is 19.1. The zero-order valence-corrected chi connectivity index (χ0v) is 15.3. The number of amidine groups is 1. The molecule has 0 spiro atoms. The summed E-state index contributed by atoms with van der Waals surface area (Å²) in [4.78, 5) is 23.1. The number of rotatable bonds is 5. The molecule has 29 heavy (non-hydrogen) atoms. The first-order valence-corrected chi connectivity index (χ1v) is 8.58. The molecule has 0 saturated carbocycles. The molecule has 2 aromatic rings. The van der Waals surface area contributed by atoms with E-state index in [-0.39, 0.29) is 35.0 Å². The van der Waals surface area contributed by atoms with Gasteiger partial charge in [-0.25, -0.2) is 27.5 Å². The number of halogens is 5. The minimum Gasteiger partial charge on any atom is -0.465 e. The number of carbonyl (C=O) groups excluding carboxylic acids is 1. The second kappa shape index (κ2) is 8.19. The summed E-state index contributed by atoms with van der Waals surface area (Å²) < 4.78 is 57.9. The molecule has 0 fully saturated rings. The molecular weight excluding hydrogens is 418 g/mol. The third-order valence-electron chi connectivity index (χ3n) is 4.22. The predicted octanol–water partition coefficient (Wildman–Crippen LogP) is 3.52. The third-order valence-corrected chi connectivity index (χ3v) is 4.55. The second-order valence-electron chi connectivity index (χ2n) is 6.05. The van der Waals surface area contributed by atoms with Crippen LogP contribution in [-0.4, -0.2) is 34.9 Å². The number of nitrogens with two attached hydrogens (primary N) is 1. The Bertz CT molecular complexity index is 942. The van der Waals surface area contributed by atoms with Gasteiger partial charge in [0, 0.05) is 22.7 Å². The molecule has 0 bridgehead atoms. The van der Waals surface area contributed by atoms with Crippen LogP contribution in [0.15, 0.2) is 35.6 Å². The van der Waals surface area contributed by atoms with Gasteiger partial charge in [-0.15, -0.1) is 0 Å². The van der Waals surface area contributed by atoms with Crippen LogP contribution in [0, 0.1) is 0 Å². The molecule has 3 N–H and O–H groups in total. The number of nitrogens with zero attached hydrogens (tertiary/aromatic N) is 3. The summed E-state index contributed by atoms with van der Waals surface area (Å²) in [6.45, 7) is -0.0847. The van der Waals surface area contributed by atoms with Crippen molar-refractivity contribution >= 4 is 29.2 Å². The monoisotopic (exact) mass is 431 g/mol. The average Bonchev–Trinajstić information content (AvgIpc) is 2.69. The van der Waals surface area contributed by atoms with E-state index >= 15 is 0 Å². The summed E-state index contributed by atoms with van der Waals surface area (Å²) in [5.41, 5.74) is 2.71. The van der Waals surface area contributed by atoms with Crippen LogP contribution >= 0.6 is 11.6 Å². The Morgan fingerprint density at radius 2 is 2.00 bits per heavy atom. The van der Waals surface area contributed by atoms with Crippen molar-refractivity contribution in [3.63, 3.8) is 0 Å². The highest BCUT2D eigenvalue weighted by molar-refractivity contribution is 6.31. The van der Waals surface area contributed by atoms with Crippen molar-refractivity contribution in [1.29, 1.82) is 0 Å². The maximum atomic E-state index is 13.9. The highest BCUT2D eigenvalue weighted by atomic mass is 35.5. The van der Waals surface area contributed by atoms with Gasteiger partial charge in [-0.05, 0) is 18.2 Å². The molecule has 1 atom stereocenters. The maximum Gasteiger partial charge on any atom is 0.283 e. The lowest BCUT2D eigenvalue weighted by Gasteiger charge is -2.33. The Labute approximate surface area is 167 Å². The van der Waals surface area contributed by atoms with E-state index in [2.05, 4.69) is 20.3 Å². The Balaban J connectivity index is 1.91. The van der Waals surface area contributed by atoms with Crippen molar-refractivity contribution in [1.82, 2.24) is 9.97 Å². The maximum absolute atomic E-state index is 13.9. The van der Waals surface area contributed by atoms with Gasteiger partial charge in [0.1, 0.15) is 11.4 Å². The second-order valence-corrected chi connectivity index (χ2v) is 6.46. The molecule has 1 aliphatic heterocycles. The number of alkyl halides is 4. The molecule has 0 radical (unpaired) electrons. The van der Waals surface area contributed by atoms with Crippen LogP contribution in [0.4, 0.5) is 23.2 Å². The molecule has 12 heteroatoms. The molecule has 0 unspecified atom stereocenters. The molecular formula is C17H14ClF4N5O2. The molecule has 1 amide bonds. The van der Waals surface area contributed by atoms with Gasteiger partial charge in [0.25, 0.3) is 24.8 Å². The van der Waals surface area contributed by atoms with Crippen LogP contribution in [0.3, 0.4) is 0 Å². The minimum absolute atomic E-state index is 0.00262. The van der Waals surface area contributed by atoms with E-state index in [4.69, 9.17) is 22.1 Å². The van der Waals surface area contributed by atoms with Crippen LogP contribution in [-0.2, 0) is 10.3 Å². The van der Waals surface area contributed by atoms with Crippen molar-refractivity contribution < 1.29 is 27.1 Å². The summed E-state index contributed by atoms with van der Waals surface area (Å²) in [5.74, 6) is -0.771. The van der Waals surface area contributed by atoms with Gasteiger partial charge in [0.15, 0.2) is 5.54 Å². The van der Waals surface area contributed by atoms with Gasteiger partial charge < -0.3 is 15.8 Å². The van der Waals surface area contributed by atoms with E-state index in [1.54, 1.807) is 0 Å². The van der Waals surface area contributed by atoms with Gasteiger partial charge in [-0.3, -0.25) is 9.78 Å². The predicted molar refractivity (Wildman–Crippen MR) is 96.3 cm³/mol. The standard InChI is InChI=1S/C17H14ClF4N5O2/c18-10-2-1-8(26-14(28)12-7-24-11(6-25-12)13(19)20)5-9(10)17(15(21)22)3-4-29-16(23)27-17/h1-2,5-7,13,15H,3-4H2,(H2,23,27)(H,26,28)/t17-/m0/s1. The van der Waals surface area contributed by atoms with Crippen LogP contribution in [0.5, 0.6) is 0 Å². The molecule has 154 valence electrons. The Morgan fingerprint density at radius 3 is 2.59 bits per heavy atom. The number of aliphatic imine (C=N–C) groups is 1. The van der Waals surface area contributed by atoms with Crippen LogP contribution in [0.2, 0.25) is 5.02 Å². The van der Waals surface area contributed by atoms with Gasteiger partial charge in [0.05, 0.1) is 19.0 Å². The number of carbonyl (C=O) groups is 1. The Morgan fingerprint density at radius 1 is 1.24 bits per heavy atom. The number of aromatic nitrogens is 2. The van der Waals surface area contributed by atoms with E-state index in [0.29, 0.717) is 0 Å². The molecule has 0 saturated heterocycles. The fourth-order valence-electron chi connectivity index (χ4n) is 2.76. The highest BCUT2D eigenvalue weighted by Crippen LogP contribution is 2.42. The van der Waals surface area contributed by atoms with Gasteiger partial charge in [-0.1, -0.05) is 11.6 Å². The SMILES string of the molecule is NC1=N[C@@](c2cc(NC(=O)c3cnc(C(F)F)cn3)ccc2Cl)(C(F)F)CCO1. The van der Waals surface area contributed by atoms with Crippen molar-refractivity contribution in [3.8, 4) is 0 Å². The van der Waals surface area contributed by atoms with E-state index in [0.717, 1.165) is 12.4 Å². The lowest BCUT2D eigenvalue weighted by molar-refractivity contribution is 0.0267. The first-order chi connectivity index (χ1) is 13.7. The zero-order valence-electron chi connectivity index (χ0n) is 14.6. The first-order valence-electron chi connectivity index (χ1n) is 8.20. The van der Waals surface area contributed by atoms with Crippen molar-refractivity contribution in [2.75, 3.05) is 11.9 Å². The van der Waals surface area contributed by atoms with Crippen LogP contribution in [0.25, 0.3) is 0 Å². The average molecular weight is 432 g/mol. The van der Waals surface area contributed by atoms with Gasteiger partial charge in [-0.2, -0.15) is 0 Å². The Hall–Kier alpha value is -2.95. The number of hydrogen-bond donors (Lipinski definition) is 2. The number of nitrogens with one attached hydrogen (secondary N) is 1. The van der Waals surface area contributed by atoms with E-state index < -0.39 is 36.0 Å². The van der Waals surface area contributed by atoms with Gasteiger partial charge in [0.2, 0.25) is 0 Å². The molecule has 0 aliphatic carbocycles. The summed E-state index contributed by atoms with van der Waals surface area (Å²) in [7, 11) is 0. The number of ether oxygens (including phenoxy) is 1. The fourth-order valence-corrected chi connectivity index (χ4v) is 3.05. The van der Waals surface area contributed by atoms with E-state index in [1.807, 2.05) is 0 Å². The molecule has 1 aromatic heterocycles. The number of anilines is 1. The van der Waals surface area contributed by atoms with Crippen molar-refractivity contribution in [2.45, 2.75) is 24.8 Å². The van der Waals surface area contributed by atoms with Gasteiger partial charge >= 0.3 is 0 Å². The highest BCUT2D eigenvalue weighted by Gasteiger charge is 2.45. The summed E-state index contributed by atoms with van der Waals surface area (Å²) >= 11 is 6.12. The van der Waals surface area contributed by atoms with Crippen LogP contribution in [0.1, 0.15) is 34.6 Å². The number of amides is 1. The first kappa shape index (κ1) is 20.8. The smallest absolute Gasteiger partial charge is 0.283 e. The zero-order chi connectivity index (χ0) is 21.2. The van der Waals surface area contributed by atoms with E-state index in [9.17, 15) is 22.4 Å². The van der Waals surface area contributed by atoms with Crippen LogP contribution < -0.4 is 11.1 Å². The third kappa shape index (κ3) is 4.24. The number of benzene rings is 1. The molecule has 1 aromatic carbocycles. The van der Waals surface area contributed by atoms with Crippen molar-refractivity contribution in [3.05, 3.63) is 52.6 Å². The van der Waals surface area contributed by atoms with Crippen molar-refractivity contribution in [2.24, 2.45) is 10.7 Å². The van der Waals surface area contributed by atoms with E-state index in [1.165, 1.54) is 18.2 Å². The summed E-state index contributed by atoms with van der Waals surface area (Å²) in [5, 5.41) is 2.44. The molecule has 2 heterocycles. The number of hydrogen-bond acceptors (Lipinski definition) is 6. The lowest BCUT2D eigenvalue weighted by atomic mass is 9.86. The largest absolute Gasteiger partial charge is 0.465 e. The quantitative estimate of drug-likeness (QED) is 0.705. The fraction of sp³-hybridized carbons (Fsp3) is 0.294.